The lowest BCUT2D eigenvalue weighted by molar-refractivity contribution is 0.0934. The standard InChI is InChI=1S/C16H11Cl5IN3OS/c17-9-4-5-11(18)12(7-9)23-15(27)25-14(16(19,20)21)24-13(26)8-2-1-3-10(22)6-8/h1-7,14H,(H,24,26)(H2,23,25,27). The Morgan fingerprint density at radius 1 is 1.07 bits per heavy atom. The molecule has 0 saturated carbocycles. The predicted octanol–water partition coefficient (Wildman–Crippen LogP) is 6.01. The highest BCUT2D eigenvalue weighted by Gasteiger charge is 2.35. The molecular formula is C16H11Cl5IN3OS. The van der Waals surface area contributed by atoms with E-state index in [1.165, 1.54) is 0 Å². The van der Waals surface area contributed by atoms with Gasteiger partial charge >= 0.3 is 0 Å². The summed E-state index contributed by atoms with van der Waals surface area (Å²) in [4.78, 5) is 12.5. The van der Waals surface area contributed by atoms with Gasteiger partial charge in [-0.1, -0.05) is 64.1 Å². The molecule has 144 valence electrons. The minimum atomic E-state index is -1.87. The van der Waals surface area contributed by atoms with E-state index in [9.17, 15) is 4.79 Å². The van der Waals surface area contributed by atoms with E-state index in [1.54, 1.807) is 36.4 Å². The molecule has 3 N–H and O–H groups in total. The Morgan fingerprint density at radius 3 is 2.41 bits per heavy atom. The Morgan fingerprint density at radius 2 is 1.78 bits per heavy atom. The van der Waals surface area contributed by atoms with Gasteiger partial charge in [-0.3, -0.25) is 4.79 Å². The second-order valence-electron chi connectivity index (χ2n) is 5.18. The Kier molecular flexibility index (Phi) is 8.54. The second-order valence-corrected chi connectivity index (χ2v) is 10.0. The molecule has 1 atom stereocenters. The van der Waals surface area contributed by atoms with Crippen LogP contribution in [0.25, 0.3) is 0 Å². The maximum absolute atomic E-state index is 12.5. The SMILES string of the molecule is O=C(NC(NC(=S)Nc1cc(Cl)ccc1Cl)C(Cl)(Cl)Cl)c1cccc(I)c1. The molecular weight excluding hydrogens is 586 g/mol. The molecule has 0 saturated heterocycles. The van der Waals surface area contributed by atoms with Crippen molar-refractivity contribution < 1.29 is 4.79 Å². The average Bonchev–Trinajstić information content (AvgIpc) is 2.56. The molecule has 11 heteroatoms. The smallest absolute Gasteiger partial charge is 0.253 e. The molecule has 0 aromatic heterocycles. The lowest BCUT2D eigenvalue weighted by atomic mass is 10.2. The number of hydrogen-bond donors (Lipinski definition) is 3. The van der Waals surface area contributed by atoms with Crippen LogP contribution < -0.4 is 16.0 Å². The third-order valence-electron chi connectivity index (χ3n) is 3.14. The molecule has 0 radical (unpaired) electrons. The minimum absolute atomic E-state index is 0.0819. The Bertz CT molecular complexity index is 862. The van der Waals surface area contributed by atoms with E-state index >= 15 is 0 Å². The van der Waals surface area contributed by atoms with E-state index in [-0.39, 0.29) is 5.11 Å². The Hall–Kier alpha value is -0.220. The van der Waals surface area contributed by atoms with Gasteiger partial charge in [-0.15, -0.1) is 0 Å². The third kappa shape index (κ3) is 7.27. The highest BCUT2D eigenvalue weighted by Crippen LogP contribution is 2.30. The van der Waals surface area contributed by atoms with Crippen LogP contribution in [0, 0.1) is 3.57 Å². The minimum Gasteiger partial charge on any atom is -0.339 e. The van der Waals surface area contributed by atoms with Crippen LogP contribution in [-0.2, 0) is 0 Å². The zero-order chi connectivity index (χ0) is 20.2. The van der Waals surface area contributed by atoms with E-state index in [1.807, 2.05) is 6.07 Å². The molecule has 0 aliphatic rings. The summed E-state index contributed by atoms with van der Waals surface area (Å²) in [6.45, 7) is 0. The van der Waals surface area contributed by atoms with Gasteiger partial charge in [-0.2, -0.15) is 0 Å². The normalized spacial score (nSPS) is 12.2. The number of halogens is 6. The fourth-order valence-corrected chi connectivity index (χ4v) is 3.36. The number of carbonyl (C=O) groups excluding carboxylic acids is 1. The number of nitrogens with one attached hydrogen (secondary N) is 3. The molecule has 2 rings (SSSR count). The van der Waals surface area contributed by atoms with Crippen LogP contribution in [0.3, 0.4) is 0 Å². The molecule has 0 spiro atoms. The molecule has 0 aliphatic carbocycles. The molecule has 0 aliphatic heterocycles. The Balaban J connectivity index is 2.11. The number of amides is 1. The molecule has 0 fully saturated rings. The third-order valence-corrected chi connectivity index (χ3v) is 5.25. The number of hydrogen-bond acceptors (Lipinski definition) is 2. The van der Waals surface area contributed by atoms with Crippen molar-refractivity contribution in [2.75, 3.05) is 5.32 Å². The average molecular weight is 598 g/mol. The van der Waals surface area contributed by atoms with Crippen molar-refractivity contribution >= 4 is 110 Å². The number of rotatable bonds is 4. The van der Waals surface area contributed by atoms with Crippen molar-refractivity contribution in [3.05, 3.63) is 61.6 Å². The van der Waals surface area contributed by atoms with Gasteiger partial charge in [0.25, 0.3) is 5.91 Å². The number of alkyl halides is 3. The van der Waals surface area contributed by atoms with E-state index < -0.39 is 15.9 Å². The lowest BCUT2D eigenvalue weighted by Crippen LogP contribution is -2.56. The highest BCUT2D eigenvalue weighted by molar-refractivity contribution is 14.1. The summed E-state index contributed by atoms with van der Waals surface area (Å²) < 4.78 is -0.979. The van der Waals surface area contributed by atoms with Gasteiger partial charge in [0.1, 0.15) is 6.17 Å². The maximum atomic E-state index is 12.5. The van der Waals surface area contributed by atoms with Gasteiger partial charge in [0.15, 0.2) is 5.11 Å². The Labute approximate surface area is 200 Å². The lowest BCUT2D eigenvalue weighted by Gasteiger charge is -2.28. The summed E-state index contributed by atoms with van der Waals surface area (Å²) in [5.41, 5.74) is 0.883. The van der Waals surface area contributed by atoms with Gasteiger partial charge < -0.3 is 16.0 Å². The fourth-order valence-electron chi connectivity index (χ4n) is 1.93. The molecule has 0 heterocycles. The van der Waals surface area contributed by atoms with Crippen molar-refractivity contribution in [2.24, 2.45) is 0 Å². The van der Waals surface area contributed by atoms with Crippen molar-refractivity contribution in [1.29, 1.82) is 0 Å². The van der Waals surface area contributed by atoms with Gasteiger partial charge in [0.2, 0.25) is 3.79 Å². The number of benzene rings is 2. The topological polar surface area (TPSA) is 53.2 Å². The van der Waals surface area contributed by atoms with Crippen LogP contribution in [0.2, 0.25) is 10.0 Å². The molecule has 0 bridgehead atoms. The molecule has 4 nitrogen and oxygen atoms in total. The van der Waals surface area contributed by atoms with Crippen LogP contribution in [0.1, 0.15) is 10.4 Å². The van der Waals surface area contributed by atoms with Gasteiger partial charge in [0.05, 0.1) is 10.7 Å². The van der Waals surface area contributed by atoms with E-state index in [4.69, 9.17) is 70.2 Å². The first-order valence-electron chi connectivity index (χ1n) is 7.22. The van der Waals surface area contributed by atoms with Gasteiger partial charge in [-0.25, -0.2) is 0 Å². The van der Waals surface area contributed by atoms with Crippen molar-refractivity contribution in [1.82, 2.24) is 10.6 Å². The summed E-state index contributed by atoms with van der Waals surface area (Å²) in [5, 5.41) is 9.16. The number of thiocarbonyl (C=S) groups is 1. The molecule has 27 heavy (non-hydrogen) atoms. The van der Waals surface area contributed by atoms with Crippen LogP contribution >= 0.6 is 92.8 Å². The van der Waals surface area contributed by atoms with Crippen LogP contribution in [0.5, 0.6) is 0 Å². The zero-order valence-electron chi connectivity index (χ0n) is 13.2. The van der Waals surface area contributed by atoms with Crippen LogP contribution in [0.4, 0.5) is 5.69 Å². The predicted molar refractivity (Wildman–Crippen MR) is 127 cm³/mol. The largest absolute Gasteiger partial charge is 0.339 e. The summed E-state index contributed by atoms with van der Waals surface area (Å²) in [6.07, 6.45) is -1.11. The summed E-state index contributed by atoms with van der Waals surface area (Å²) >= 11 is 37.3. The van der Waals surface area contributed by atoms with Gasteiger partial charge in [-0.05, 0) is 71.2 Å². The maximum Gasteiger partial charge on any atom is 0.253 e. The number of anilines is 1. The van der Waals surface area contributed by atoms with Crippen LogP contribution in [-0.4, -0.2) is 21.0 Å². The monoisotopic (exact) mass is 595 g/mol. The second kappa shape index (κ2) is 10.0. The first-order valence-corrected chi connectivity index (χ1v) is 10.6. The molecule has 1 unspecified atom stereocenters. The van der Waals surface area contributed by atoms with Gasteiger partial charge in [0, 0.05) is 14.2 Å². The fraction of sp³-hybridized carbons (Fsp3) is 0.125. The van der Waals surface area contributed by atoms with Crippen molar-refractivity contribution in [3.63, 3.8) is 0 Å². The molecule has 2 aromatic carbocycles. The quantitative estimate of drug-likeness (QED) is 0.175. The van der Waals surface area contributed by atoms with Crippen LogP contribution in [0.15, 0.2) is 42.5 Å². The summed E-state index contributed by atoms with van der Waals surface area (Å²) in [6, 6.07) is 11.8. The van der Waals surface area contributed by atoms with E-state index in [0.717, 1.165) is 3.57 Å². The first kappa shape index (κ1) is 23.1. The van der Waals surface area contributed by atoms with Crippen molar-refractivity contribution in [2.45, 2.75) is 9.96 Å². The van der Waals surface area contributed by atoms with E-state index in [2.05, 4.69) is 38.5 Å². The summed E-state index contributed by atoms with van der Waals surface area (Å²) in [7, 11) is 0. The zero-order valence-corrected chi connectivity index (χ0v) is 20.0. The van der Waals surface area contributed by atoms with E-state index in [0.29, 0.717) is 21.3 Å². The molecule has 2 aromatic rings. The molecule has 1 amide bonds. The highest BCUT2D eigenvalue weighted by atomic mass is 127. The number of carbonyl (C=O) groups is 1. The summed E-state index contributed by atoms with van der Waals surface area (Å²) in [5.74, 6) is -0.430. The van der Waals surface area contributed by atoms with Crippen molar-refractivity contribution in [3.8, 4) is 0 Å². The first-order chi connectivity index (χ1) is 12.6.